The van der Waals surface area contributed by atoms with Crippen LogP contribution in [0.5, 0.6) is 11.5 Å². The van der Waals surface area contributed by atoms with E-state index in [-0.39, 0.29) is 12.0 Å². The van der Waals surface area contributed by atoms with E-state index in [4.69, 9.17) is 14.2 Å². The van der Waals surface area contributed by atoms with Crippen LogP contribution in [0.1, 0.15) is 37.7 Å². The predicted molar refractivity (Wildman–Crippen MR) is 120 cm³/mol. The molecule has 3 rings (SSSR count). The Labute approximate surface area is 186 Å². The number of ether oxygens (including phenoxy) is 3. The number of likely N-dealkylation sites (N-methyl/N-ethyl adjacent to an activating group) is 1. The van der Waals surface area contributed by atoms with Crippen molar-refractivity contribution in [2.75, 3.05) is 48.0 Å². The maximum atomic E-state index is 11.7. The van der Waals surface area contributed by atoms with Gasteiger partial charge in [0.05, 0.1) is 26.9 Å². The van der Waals surface area contributed by atoms with Gasteiger partial charge >= 0.3 is 5.97 Å². The normalized spacial score (nSPS) is 25.5. The first-order valence-corrected chi connectivity index (χ1v) is 11.4. The Balaban J connectivity index is 1.56. The maximum Gasteiger partial charge on any atom is 0.321 e. The summed E-state index contributed by atoms with van der Waals surface area (Å²) in [6.45, 7) is 2.47. The highest BCUT2D eigenvalue weighted by atomic mass is 16.5. The van der Waals surface area contributed by atoms with Gasteiger partial charge in [-0.3, -0.25) is 14.6 Å². The van der Waals surface area contributed by atoms with Crippen molar-refractivity contribution < 1.29 is 24.1 Å². The molecule has 1 aliphatic carbocycles. The van der Waals surface area contributed by atoms with E-state index < -0.39 is 12.0 Å². The summed E-state index contributed by atoms with van der Waals surface area (Å²) >= 11 is 0. The molecule has 4 atom stereocenters. The lowest BCUT2D eigenvalue weighted by atomic mass is 9.91. The first-order valence-electron chi connectivity index (χ1n) is 11.4. The van der Waals surface area contributed by atoms with Crippen LogP contribution in [-0.4, -0.2) is 87.1 Å². The van der Waals surface area contributed by atoms with Crippen LogP contribution in [0, 0.1) is 5.92 Å². The van der Waals surface area contributed by atoms with Gasteiger partial charge in [-0.15, -0.1) is 0 Å². The summed E-state index contributed by atoms with van der Waals surface area (Å²) < 4.78 is 17.1. The third-order valence-electron chi connectivity index (χ3n) is 6.82. The average molecular weight is 435 g/mol. The summed E-state index contributed by atoms with van der Waals surface area (Å²) in [5, 5.41) is 9.65. The van der Waals surface area contributed by atoms with Crippen LogP contribution in [0.25, 0.3) is 0 Å². The first-order chi connectivity index (χ1) is 14.9. The lowest BCUT2D eigenvalue weighted by Gasteiger charge is -2.38. The van der Waals surface area contributed by atoms with Crippen molar-refractivity contribution in [3.05, 3.63) is 23.8 Å². The lowest BCUT2D eigenvalue weighted by molar-refractivity contribution is -0.144. The van der Waals surface area contributed by atoms with Gasteiger partial charge in [-0.1, -0.05) is 18.9 Å². The summed E-state index contributed by atoms with van der Waals surface area (Å²) in [6.07, 6.45) is 6.61. The van der Waals surface area contributed by atoms with Gasteiger partial charge in [-0.05, 0) is 69.9 Å². The molecule has 1 saturated carbocycles. The summed E-state index contributed by atoms with van der Waals surface area (Å²) in [7, 11) is 7.02. The van der Waals surface area contributed by atoms with Crippen LogP contribution >= 0.6 is 0 Å². The third kappa shape index (κ3) is 5.90. The van der Waals surface area contributed by atoms with Crippen LogP contribution in [0.2, 0.25) is 0 Å². The molecule has 1 heterocycles. The lowest BCUT2D eigenvalue weighted by Crippen LogP contribution is -2.48. The number of likely N-dealkylation sites (tertiary alicyclic amines) is 1. The molecule has 0 aromatic heterocycles. The van der Waals surface area contributed by atoms with Gasteiger partial charge < -0.3 is 19.3 Å². The number of aliphatic carboxylic acids is 1. The van der Waals surface area contributed by atoms with E-state index >= 15 is 0 Å². The fourth-order valence-corrected chi connectivity index (χ4v) is 5.27. The van der Waals surface area contributed by atoms with Gasteiger partial charge in [0.1, 0.15) is 6.04 Å². The van der Waals surface area contributed by atoms with E-state index in [1.165, 1.54) is 18.4 Å². The number of carboxylic acids is 1. The molecule has 0 amide bonds. The number of methoxy groups -OCH3 is 2. The van der Waals surface area contributed by atoms with E-state index in [0.29, 0.717) is 12.6 Å². The summed E-state index contributed by atoms with van der Waals surface area (Å²) in [5.41, 5.74) is 1.17. The van der Waals surface area contributed by atoms with Crippen LogP contribution in [0.3, 0.4) is 0 Å². The number of hydrogen-bond acceptors (Lipinski definition) is 6. The van der Waals surface area contributed by atoms with Crippen LogP contribution < -0.4 is 9.47 Å². The molecule has 0 bridgehead atoms. The number of hydrogen-bond donors (Lipinski definition) is 1. The minimum absolute atomic E-state index is 0.168. The second-order valence-electron chi connectivity index (χ2n) is 8.99. The minimum atomic E-state index is -0.719. The molecule has 1 saturated heterocycles. The Kier molecular flexibility index (Phi) is 8.58. The standard InChI is InChI=1S/C24H38N2O5/c1-25(2)23(24(27)28)18-11-13-26(16-18)19-7-5-6-8-20(19)31-14-12-17-9-10-21(29-3)22(15-17)30-4/h9-10,15,18-20,23H,5-8,11-14,16H2,1-4H3,(H,27,28)/t18-,19+,20+,23?/m1/s1. The minimum Gasteiger partial charge on any atom is -0.493 e. The van der Waals surface area contributed by atoms with Crippen LogP contribution in [-0.2, 0) is 16.0 Å². The second kappa shape index (κ2) is 11.2. The fraction of sp³-hybridized carbons (Fsp3) is 0.708. The van der Waals surface area contributed by atoms with Gasteiger partial charge in [-0.25, -0.2) is 0 Å². The Hall–Kier alpha value is -1.83. The molecule has 1 N–H and O–H groups in total. The Bertz CT molecular complexity index is 726. The quantitative estimate of drug-likeness (QED) is 0.607. The molecule has 1 aliphatic heterocycles. The van der Waals surface area contributed by atoms with Crippen molar-refractivity contribution in [3.8, 4) is 11.5 Å². The molecular weight excluding hydrogens is 396 g/mol. The number of nitrogens with zero attached hydrogens (tertiary/aromatic N) is 2. The van der Waals surface area contributed by atoms with Gasteiger partial charge in [0.25, 0.3) is 0 Å². The number of benzene rings is 1. The third-order valence-corrected chi connectivity index (χ3v) is 6.82. The summed E-state index contributed by atoms with van der Waals surface area (Å²) in [4.78, 5) is 16.1. The van der Waals surface area contributed by atoms with Crippen molar-refractivity contribution in [2.24, 2.45) is 5.92 Å². The summed E-state index contributed by atoms with van der Waals surface area (Å²) in [6, 6.07) is 5.98. The highest BCUT2D eigenvalue weighted by Gasteiger charge is 2.40. The van der Waals surface area contributed by atoms with E-state index in [1.54, 1.807) is 14.2 Å². The number of carbonyl (C=O) groups is 1. The van der Waals surface area contributed by atoms with Crippen molar-refractivity contribution >= 4 is 5.97 Å². The second-order valence-corrected chi connectivity index (χ2v) is 8.99. The summed E-state index contributed by atoms with van der Waals surface area (Å²) in [5.74, 6) is 0.929. The van der Waals surface area contributed by atoms with E-state index in [1.807, 2.05) is 31.1 Å². The maximum absolute atomic E-state index is 11.7. The highest BCUT2D eigenvalue weighted by Crippen LogP contribution is 2.32. The van der Waals surface area contributed by atoms with Crippen LogP contribution in [0.15, 0.2) is 18.2 Å². The number of carboxylic acid groups (broad SMARTS) is 1. The SMILES string of the molecule is COc1ccc(CCO[C@H]2CCCC[C@@H]2N2CC[C@@H](C(C(=O)O)N(C)C)C2)cc1OC. The zero-order valence-electron chi connectivity index (χ0n) is 19.4. The average Bonchev–Trinajstić information content (AvgIpc) is 3.22. The molecule has 174 valence electrons. The van der Waals surface area contributed by atoms with E-state index in [2.05, 4.69) is 11.0 Å². The zero-order chi connectivity index (χ0) is 22.4. The zero-order valence-corrected chi connectivity index (χ0v) is 19.4. The van der Waals surface area contributed by atoms with Crippen molar-refractivity contribution in [3.63, 3.8) is 0 Å². The van der Waals surface area contributed by atoms with Gasteiger partial charge in [0.2, 0.25) is 0 Å². The van der Waals surface area contributed by atoms with Gasteiger partial charge in [0, 0.05) is 12.6 Å². The first kappa shape index (κ1) is 23.8. The van der Waals surface area contributed by atoms with E-state index in [9.17, 15) is 9.90 Å². The molecule has 7 heteroatoms. The molecule has 1 unspecified atom stereocenters. The topological polar surface area (TPSA) is 71.5 Å². The molecule has 0 radical (unpaired) electrons. The molecule has 7 nitrogen and oxygen atoms in total. The van der Waals surface area contributed by atoms with Crippen LogP contribution in [0.4, 0.5) is 0 Å². The molecule has 1 aromatic rings. The Morgan fingerprint density at radius 3 is 2.58 bits per heavy atom. The molecule has 2 aliphatic rings. The largest absolute Gasteiger partial charge is 0.493 e. The molecule has 2 fully saturated rings. The Morgan fingerprint density at radius 2 is 1.90 bits per heavy atom. The van der Waals surface area contributed by atoms with Gasteiger partial charge in [0.15, 0.2) is 11.5 Å². The smallest absolute Gasteiger partial charge is 0.321 e. The number of rotatable bonds is 10. The van der Waals surface area contributed by atoms with Crippen molar-refractivity contribution in [2.45, 2.75) is 56.7 Å². The predicted octanol–water partition coefficient (Wildman–Crippen LogP) is 2.91. The highest BCUT2D eigenvalue weighted by molar-refractivity contribution is 5.74. The monoisotopic (exact) mass is 434 g/mol. The molecule has 0 spiro atoms. The Morgan fingerprint density at radius 1 is 1.16 bits per heavy atom. The van der Waals surface area contributed by atoms with Gasteiger partial charge in [-0.2, -0.15) is 0 Å². The van der Waals surface area contributed by atoms with Crippen molar-refractivity contribution in [1.29, 1.82) is 0 Å². The molecule has 31 heavy (non-hydrogen) atoms. The van der Waals surface area contributed by atoms with Crippen molar-refractivity contribution in [1.82, 2.24) is 9.80 Å². The molecular formula is C24H38N2O5. The fourth-order valence-electron chi connectivity index (χ4n) is 5.27. The van der Waals surface area contributed by atoms with E-state index in [0.717, 1.165) is 50.3 Å². The molecule has 1 aromatic carbocycles.